The van der Waals surface area contributed by atoms with Crippen molar-refractivity contribution < 1.29 is 4.74 Å². The first-order valence-electron chi connectivity index (χ1n) is 6.65. The quantitative estimate of drug-likeness (QED) is 0.461. The number of guanidine groups is 1. The summed E-state index contributed by atoms with van der Waals surface area (Å²) in [5.74, 6) is 0.471. The fourth-order valence-corrected chi connectivity index (χ4v) is 1.66. The highest BCUT2D eigenvalue weighted by Crippen LogP contribution is 2.11. The molecule has 0 amide bonds. The lowest BCUT2D eigenvalue weighted by Crippen LogP contribution is -2.45. The summed E-state index contributed by atoms with van der Waals surface area (Å²) in [7, 11) is 0. The zero-order chi connectivity index (χ0) is 14.3. The highest BCUT2D eigenvalue weighted by molar-refractivity contribution is 14.0. The van der Waals surface area contributed by atoms with Crippen LogP contribution in [0.5, 0.6) is 0 Å². The summed E-state index contributed by atoms with van der Waals surface area (Å²) in [4.78, 5) is 4.38. The van der Waals surface area contributed by atoms with Gasteiger partial charge in [0, 0.05) is 12.1 Å². The lowest BCUT2D eigenvalue weighted by atomic mass is 10.1. The molecule has 0 aliphatic rings. The van der Waals surface area contributed by atoms with E-state index in [9.17, 15) is 0 Å². The average Bonchev–Trinajstić information content (AvgIpc) is 2.32. The molecule has 0 radical (unpaired) electrons. The van der Waals surface area contributed by atoms with Crippen molar-refractivity contribution in [3.8, 4) is 0 Å². The zero-order valence-electron chi connectivity index (χ0n) is 12.8. The largest absolute Gasteiger partial charge is 0.377 e. The molecule has 0 fully saturated rings. The van der Waals surface area contributed by atoms with Crippen LogP contribution in [0.3, 0.4) is 0 Å². The molecule has 0 atom stereocenters. The van der Waals surface area contributed by atoms with E-state index in [4.69, 9.17) is 10.5 Å². The van der Waals surface area contributed by atoms with Gasteiger partial charge in [-0.3, -0.25) is 0 Å². The van der Waals surface area contributed by atoms with Gasteiger partial charge in [-0.1, -0.05) is 24.3 Å². The van der Waals surface area contributed by atoms with Crippen molar-refractivity contribution in [1.29, 1.82) is 0 Å². The summed E-state index contributed by atoms with van der Waals surface area (Å²) < 4.78 is 5.45. The van der Waals surface area contributed by atoms with Gasteiger partial charge < -0.3 is 15.8 Å². The van der Waals surface area contributed by atoms with Gasteiger partial charge in [-0.15, -0.1) is 24.0 Å². The monoisotopic (exact) mass is 391 g/mol. The molecule has 0 aliphatic heterocycles. The van der Waals surface area contributed by atoms with Gasteiger partial charge in [0.15, 0.2) is 5.96 Å². The predicted molar refractivity (Wildman–Crippen MR) is 95.4 cm³/mol. The molecule has 20 heavy (non-hydrogen) atoms. The maximum Gasteiger partial charge on any atom is 0.189 e. The number of nitrogens with two attached hydrogens (primary N) is 1. The molecule has 1 rings (SSSR count). The van der Waals surface area contributed by atoms with E-state index in [2.05, 4.69) is 43.2 Å². The Labute approximate surface area is 139 Å². The van der Waals surface area contributed by atoms with E-state index < -0.39 is 0 Å². The van der Waals surface area contributed by atoms with E-state index in [0.717, 1.165) is 11.1 Å². The van der Waals surface area contributed by atoms with Crippen LogP contribution < -0.4 is 11.1 Å². The Bertz CT molecular complexity index is 427. The molecular formula is C15H26IN3O. The Hall–Kier alpha value is -0.820. The fraction of sp³-hybridized carbons (Fsp3) is 0.533. The SMILES string of the molecule is CCOCc1ccccc1CN=C(N)NC(C)(C)C.I. The van der Waals surface area contributed by atoms with Gasteiger partial charge in [0.1, 0.15) is 0 Å². The highest BCUT2D eigenvalue weighted by atomic mass is 127. The molecule has 0 aromatic heterocycles. The van der Waals surface area contributed by atoms with Gasteiger partial charge in [0.05, 0.1) is 13.2 Å². The minimum atomic E-state index is -0.0710. The number of halogens is 1. The number of rotatable bonds is 5. The van der Waals surface area contributed by atoms with Crippen LogP contribution in [0.15, 0.2) is 29.3 Å². The van der Waals surface area contributed by atoms with Crippen molar-refractivity contribution in [3.05, 3.63) is 35.4 Å². The molecule has 4 nitrogen and oxygen atoms in total. The van der Waals surface area contributed by atoms with Crippen LogP contribution in [0.2, 0.25) is 0 Å². The number of ether oxygens (including phenoxy) is 1. The zero-order valence-corrected chi connectivity index (χ0v) is 15.1. The topological polar surface area (TPSA) is 59.6 Å². The van der Waals surface area contributed by atoms with Crippen LogP contribution in [0.4, 0.5) is 0 Å². The van der Waals surface area contributed by atoms with Crippen molar-refractivity contribution in [3.63, 3.8) is 0 Å². The average molecular weight is 391 g/mol. The van der Waals surface area contributed by atoms with Crippen molar-refractivity contribution >= 4 is 29.9 Å². The summed E-state index contributed by atoms with van der Waals surface area (Å²) in [6, 6.07) is 8.14. The van der Waals surface area contributed by atoms with Gasteiger partial charge >= 0.3 is 0 Å². The summed E-state index contributed by atoms with van der Waals surface area (Å²) in [5.41, 5.74) is 8.11. The lowest BCUT2D eigenvalue weighted by molar-refractivity contribution is 0.133. The second kappa shape index (κ2) is 9.18. The molecule has 0 saturated carbocycles. The van der Waals surface area contributed by atoms with Crippen LogP contribution in [-0.2, 0) is 17.9 Å². The first-order valence-corrected chi connectivity index (χ1v) is 6.65. The van der Waals surface area contributed by atoms with Gasteiger partial charge in [-0.05, 0) is 38.8 Å². The minimum Gasteiger partial charge on any atom is -0.377 e. The Morgan fingerprint density at radius 3 is 2.40 bits per heavy atom. The third kappa shape index (κ3) is 7.69. The second-order valence-corrected chi connectivity index (χ2v) is 5.48. The van der Waals surface area contributed by atoms with Gasteiger partial charge in [0.2, 0.25) is 0 Å². The van der Waals surface area contributed by atoms with Crippen molar-refractivity contribution in [2.45, 2.75) is 46.4 Å². The maximum absolute atomic E-state index is 5.87. The normalized spacial score (nSPS) is 11.9. The van der Waals surface area contributed by atoms with Crippen molar-refractivity contribution in [2.24, 2.45) is 10.7 Å². The lowest BCUT2D eigenvalue weighted by Gasteiger charge is -2.21. The van der Waals surface area contributed by atoms with E-state index in [-0.39, 0.29) is 29.5 Å². The Balaban J connectivity index is 0.00000361. The third-order valence-electron chi connectivity index (χ3n) is 2.50. The number of hydrogen-bond donors (Lipinski definition) is 2. The number of nitrogens with one attached hydrogen (secondary N) is 1. The van der Waals surface area contributed by atoms with Crippen LogP contribution in [0, 0.1) is 0 Å². The molecule has 0 heterocycles. The Morgan fingerprint density at radius 1 is 1.25 bits per heavy atom. The first-order chi connectivity index (χ1) is 8.92. The van der Waals surface area contributed by atoms with E-state index in [1.807, 2.05) is 19.1 Å². The fourth-order valence-electron chi connectivity index (χ4n) is 1.66. The molecular weight excluding hydrogens is 365 g/mol. The molecule has 114 valence electrons. The molecule has 0 spiro atoms. The Morgan fingerprint density at radius 2 is 1.85 bits per heavy atom. The predicted octanol–water partition coefficient (Wildman–Crippen LogP) is 3.04. The molecule has 0 bridgehead atoms. The van der Waals surface area contributed by atoms with Crippen LogP contribution >= 0.6 is 24.0 Å². The molecule has 1 aromatic carbocycles. The molecule has 0 aliphatic carbocycles. The summed E-state index contributed by atoms with van der Waals surface area (Å²) in [6.45, 7) is 10.1. The van der Waals surface area contributed by atoms with Crippen molar-refractivity contribution in [2.75, 3.05) is 6.61 Å². The summed E-state index contributed by atoms with van der Waals surface area (Å²) in [5, 5.41) is 3.15. The molecule has 3 N–H and O–H groups in total. The first kappa shape index (κ1) is 19.2. The van der Waals surface area contributed by atoms with Gasteiger partial charge in [-0.2, -0.15) is 0 Å². The molecule has 1 aromatic rings. The summed E-state index contributed by atoms with van der Waals surface area (Å²) in [6.07, 6.45) is 0. The number of aliphatic imine (C=N–C) groups is 1. The highest BCUT2D eigenvalue weighted by Gasteiger charge is 2.09. The molecule has 0 unspecified atom stereocenters. The third-order valence-corrected chi connectivity index (χ3v) is 2.50. The van der Waals surface area contributed by atoms with Gasteiger partial charge in [0.25, 0.3) is 0 Å². The van der Waals surface area contributed by atoms with E-state index in [0.29, 0.717) is 25.7 Å². The van der Waals surface area contributed by atoms with Crippen LogP contribution in [0.25, 0.3) is 0 Å². The van der Waals surface area contributed by atoms with Crippen LogP contribution in [-0.4, -0.2) is 18.1 Å². The van der Waals surface area contributed by atoms with Gasteiger partial charge in [-0.25, -0.2) is 4.99 Å². The molecule has 0 saturated heterocycles. The smallest absolute Gasteiger partial charge is 0.189 e. The van der Waals surface area contributed by atoms with Crippen molar-refractivity contribution in [1.82, 2.24) is 5.32 Å². The standard InChI is InChI=1S/C15H25N3O.HI/c1-5-19-11-13-9-7-6-8-12(13)10-17-14(16)18-15(2,3)4;/h6-9H,5,10-11H2,1-4H3,(H3,16,17,18);1H. The van der Waals surface area contributed by atoms with E-state index in [1.165, 1.54) is 0 Å². The number of nitrogens with zero attached hydrogens (tertiary/aromatic N) is 1. The Kier molecular flexibility index (Phi) is 8.80. The number of hydrogen-bond acceptors (Lipinski definition) is 2. The maximum atomic E-state index is 5.87. The second-order valence-electron chi connectivity index (χ2n) is 5.48. The van der Waals surface area contributed by atoms with Crippen LogP contribution in [0.1, 0.15) is 38.8 Å². The van der Waals surface area contributed by atoms with E-state index in [1.54, 1.807) is 0 Å². The molecule has 5 heteroatoms. The van der Waals surface area contributed by atoms with E-state index >= 15 is 0 Å². The minimum absolute atomic E-state index is 0. The number of benzene rings is 1. The summed E-state index contributed by atoms with van der Waals surface area (Å²) >= 11 is 0.